The summed E-state index contributed by atoms with van der Waals surface area (Å²) in [4.78, 5) is 4.10. The molecule has 3 rings (SSSR count). The van der Waals surface area contributed by atoms with Crippen LogP contribution in [-0.2, 0) is 0 Å². The van der Waals surface area contributed by atoms with E-state index >= 15 is 0 Å². The van der Waals surface area contributed by atoms with Crippen LogP contribution < -0.4 is 11.1 Å². The number of rotatable bonds is 3. The van der Waals surface area contributed by atoms with Crippen molar-refractivity contribution in [2.45, 2.75) is 6.92 Å². The first-order valence-corrected chi connectivity index (χ1v) is 7.62. The molecule has 5 nitrogen and oxygen atoms in total. The van der Waals surface area contributed by atoms with Gasteiger partial charge in [0.05, 0.1) is 5.69 Å². The molecule has 22 heavy (non-hydrogen) atoms. The van der Waals surface area contributed by atoms with Gasteiger partial charge in [-0.1, -0.05) is 0 Å². The smallest absolute Gasteiger partial charge is 0.239 e. The molecule has 3 aromatic rings. The second kappa shape index (κ2) is 5.91. The third-order valence-electron chi connectivity index (χ3n) is 3.20. The van der Waals surface area contributed by atoms with Crippen molar-refractivity contribution < 1.29 is 4.39 Å². The van der Waals surface area contributed by atoms with Crippen molar-refractivity contribution in [1.29, 1.82) is 0 Å². The number of aromatic nitrogens is 3. The monoisotopic (exact) mass is 409 g/mol. The summed E-state index contributed by atoms with van der Waals surface area (Å²) in [5, 5.41) is 9.80. The molecule has 1 heterocycles. The Morgan fingerprint density at radius 3 is 2.68 bits per heavy atom. The van der Waals surface area contributed by atoms with E-state index in [4.69, 9.17) is 5.73 Å². The van der Waals surface area contributed by atoms with Gasteiger partial charge in [0, 0.05) is 14.8 Å². The molecule has 0 fully saturated rings. The highest BCUT2D eigenvalue weighted by molar-refractivity contribution is 14.1. The maximum atomic E-state index is 13.6. The van der Waals surface area contributed by atoms with E-state index in [1.54, 1.807) is 6.07 Å². The number of hydrogen-bond donors (Lipinski definition) is 3. The molecule has 1 aromatic heterocycles. The molecule has 0 radical (unpaired) electrons. The third-order valence-corrected chi connectivity index (χ3v) is 3.87. The van der Waals surface area contributed by atoms with Crippen LogP contribution in [0, 0.1) is 16.3 Å². The van der Waals surface area contributed by atoms with Gasteiger partial charge >= 0.3 is 0 Å². The lowest BCUT2D eigenvalue weighted by atomic mass is 10.1. The van der Waals surface area contributed by atoms with Gasteiger partial charge in [0.1, 0.15) is 5.82 Å². The van der Waals surface area contributed by atoms with Crippen LogP contribution in [0.2, 0.25) is 0 Å². The largest absolute Gasteiger partial charge is 0.366 e. The first kappa shape index (κ1) is 14.8. The summed E-state index contributed by atoms with van der Waals surface area (Å²) in [7, 11) is 0. The maximum Gasteiger partial charge on any atom is 0.239 e. The van der Waals surface area contributed by atoms with E-state index in [1.165, 1.54) is 12.1 Å². The zero-order valence-electron chi connectivity index (χ0n) is 11.7. The minimum absolute atomic E-state index is 0.149. The molecule has 112 valence electrons. The number of anilines is 3. The van der Waals surface area contributed by atoms with Crippen LogP contribution in [-0.4, -0.2) is 15.2 Å². The van der Waals surface area contributed by atoms with Gasteiger partial charge in [0.2, 0.25) is 5.95 Å². The molecular formula is C15H13FIN5. The van der Waals surface area contributed by atoms with Gasteiger partial charge in [0.25, 0.3) is 0 Å². The van der Waals surface area contributed by atoms with Crippen LogP contribution in [0.3, 0.4) is 0 Å². The lowest BCUT2D eigenvalue weighted by Gasteiger charge is -2.13. The van der Waals surface area contributed by atoms with Gasteiger partial charge in [0.15, 0.2) is 5.82 Å². The quantitative estimate of drug-likeness (QED) is 0.575. The highest BCUT2D eigenvalue weighted by Gasteiger charge is 2.11. The second-order valence-corrected chi connectivity index (χ2v) is 6.06. The Balaban J connectivity index is 2.04. The highest BCUT2D eigenvalue weighted by Crippen LogP contribution is 2.30. The minimum Gasteiger partial charge on any atom is -0.366 e. The topological polar surface area (TPSA) is 79.6 Å². The summed E-state index contributed by atoms with van der Waals surface area (Å²) in [5.41, 5.74) is 8.81. The number of nitrogen functional groups attached to an aromatic ring is 1. The molecule has 4 N–H and O–H groups in total. The molecular weight excluding hydrogens is 396 g/mol. The SMILES string of the molecule is Cc1cc(I)ccc1Nc1cc(F)ccc1-c1nc(N)n[nH]1. The Morgan fingerprint density at radius 1 is 1.18 bits per heavy atom. The third kappa shape index (κ3) is 3.03. The number of nitrogens with two attached hydrogens (primary N) is 1. The molecule has 0 spiro atoms. The summed E-state index contributed by atoms with van der Waals surface area (Å²) in [6.45, 7) is 2.00. The maximum absolute atomic E-state index is 13.6. The summed E-state index contributed by atoms with van der Waals surface area (Å²) < 4.78 is 14.8. The first-order valence-electron chi connectivity index (χ1n) is 6.54. The highest BCUT2D eigenvalue weighted by atomic mass is 127. The van der Waals surface area contributed by atoms with Gasteiger partial charge < -0.3 is 11.1 Å². The Morgan fingerprint density at radius 2 is 2.00 bits per heavy atom. The molecule has 0 atom stereocenters. The van der Waals surface area contributed by atoms with Gasteiger partial charge in [-0.25, -0.2) is 4.39 Å². The van der Waals surface area contributed by atoms with E-state index in [1.807, 2.05) is 25.1 Å². The Hall–Kier alpha value is -2.16. The van der Waals surface area contributed by atoms with Crippen LogP contribution >= 0.6 is 22.6 Å². The van der Waals surface area contributed by atoms with E-state index in [0.29, 0.717) is 17.1 Å². The molecule has 0 aliphatic rings. The molecule has 0 aliphatic carbocycles. The first-order chi connectivity index (χ1) is 10.5. The van der Waals surface area contributed by atoms with Crippen LogP contribution in [0.15, 0.2) is 36.4 Å². The molecule has 0 aliphatic heterocycles. The van der Waals surface area contributed by atoms with E-state index in [9.17, 15) is 4.39 Å². The molecule has 0 saturated heterocycles. The second-order valence-electron chi connectivity index (χ2n) is 4.82. The average molecular weight is 409 g/mol. The minimum atomic E-state index is -0.332. The Bertz CT molecular complexity index is 831. The molecule has 0 saturated carbocycles. The number of nitrogens with one attached hydrogen (secondary N) is 2. The number of aryl methyl sites for hydroxylation is 1. The molecule has 0 unspecified atom stereocenters. The normalized spacial score (nSPS) is 10.7. The fourth-order valence-electron chi connectivity index (χ4n) is 2.13. The van der Waals surface area contributed by atoms with Crippen LogP contribution in [0.4, 0.5) is 21.7 Å². The van der Waals surface area contributed by atoms with Crippen molar-refractivity contribution in [3.05, 3.63) is 51.3 Å². The van der Waals surface area contributed by atoms with Gasteiger partial charge in [-0.15, -0.1) is 5.10 Å². The fraction of sp³-hybridized carbons (Fsp3) is 0.0667. The van der Waals surface area contributed by atoms with Gasteiger partial charge in [-0.2, -0.15) is 4.98 Å². The number of halogens is 2. The number of aromatic amines is 1. The Labute approximate surface area is 140 Å². The van der Waals surface area contributed by atoms with Crippen molar-refractivity contribution in [3.8, 4) is 11.4 Å². The number of H-pyrrole nitrogens is 1. The van der Waals surface area contributed by atoms with E-state index < -0.39 is 0 Å². The molecule has 2 aromatic carbocycles. The van der Waals surface area contributed by atoms with Crippen LogP contribution in [0.1, 0.15) is 5.56 Å². The van der Waals surface area contributed by atoms with Crippen molar-refractivity contribution in [3.63, 3.8) is 0 Å². The van der Waals surface area contributed by atoms with Gasteiger partial charge in [-0.05, 0) is 71.5 Å². The number of benzene rings is 2. The van der Waals surface area contributed by atoms with Crippen molar-refractivity contribution >= 4 is 39.9 Å². The van der Waals surface area contributed by atoms with E-state index in [2.05, 4.69) is 43.1 Å². The van der Waals surface area contributed by atoms with Crippen molar-refractivity contribution in [1.82, 2.24) is 15.2 Å². The standard InChI is InChI=1S/C15H13FIN5/c1-8-6-10(17)3-5-12(8)19-13-7-9(16)2-4-11(13)14-20-15(18)22-21-14/h2-7,19H,1H3,(H3,18,20,21,22). The predicted octanol–water partition coefficient (Wildman–Crippen LogP) is 3.85. The average Bonchev–Trinajstić information content (AvgIpc) is 2.88. The van der Waals surface area contributed by atoms with Crippen LogP contribution in [0.5, 0.6) is 0 Å². The summed E-state index contributed by atoms with van der Waals surface area (Å²) >= 11 is 2.25. The van der Waals surface area contributed by atoms with Gasteiger partial charge in [-0.3, -0.25) is 5.10 Å². The molecule has 0 amide bonds. The molecule has 7 heteroatoms. The summed E-state index contributed by atoms with van der Waals surface area (Å²) in [5.74, 6) is 0.306. The van der Waals surface area contributed by atoms with Crippen molar-refractivity contribution in [2.24, 2.45) is 0 Å². The number of hydrogen-bond acceptors (Lipinski definition) is 4. The van der Waals surface area contributed by atoms with Crippen LogP contribution in [0.25, 0.3) is 11.4 Å². The summed E-state index contributed by atoms with van der Waals surface area (Å²) in [6.07, 6.45) is 0. The summed E-state index contributed by atoms with van der Waals surface area (Å²) in [6, 6.07) is 10.4. The molecule has 0 bridgehead atoms. The van der Waals surface area contributed by atoms with Crippen molar-refractivity contribution in [2.75, 3.05) is 11.1 Å². The number of nitrogens with zero attached hydrogens (tertiary/aromatic N) is 2. The zero-order chi connectivity index (χ0) is 15.7. The van der Waals surface area contributed by atoms with E-state index in [0.717, 1.165) is 14.8 Å². The van der Waals surface area contributed by atoms with E-state index in [-0.39, 0.29) is 11.8 Å². The lowest BCUT2D eigenvalue weighted by Crippen LogP contribution is -1.97. The fourth-order valence-corrected chi connectivity index (χ4v) is 2.78. The predicted molar refractivity (Wildman–Crippen MR) is 93.4 cm³/mol. The lowest BCUT2D eigenvalue weighted by molar-refractivity contribution is 0.628. The Kier molecular flexibility index (Phi) is 3.97. The zero-order valence-corrected chi connectivity index (χ0v) is 13.8.